The number of carbonyl (C=O) groups excluding carboxylic acids is 1. The number of rotatable bonds is 9. The minimum absolute atomic E-state index is 0.104. The van der Waals surface area contributed by atoms with Gasteiger partial charge in [-0.2, -0.15) is 0 Å². The number of benzene rings is 3. The fraction of sp³-hybridized carbons (Fsp3) is 0.222. The van der Waals surface area contributed by atoms with Gasteiger partial charge < -0.3 is 10.1 Å². The molecule has 0 saturated heterocycles. The third-order valence-electron chi connectivity index (χ3n) is 5.37. The van der Waals surface area contributed by atoms with Gasteiger partial charge in [0.2, 0.25) is 5.91 Å². The molecule has 180 valence electrons. The van der Waals surface area contributed by atoms with E-state index in [0.29, 0.717) is 27.7 Å². The Hall–Kier alpha value is -3.29. The molecule has 1 N–H and O–H groups in total. The van der Waals surface area contributed by atoms with Crippen LogP contribution in [0.2, 0.25) is 5.02 Å². The second kappa shape index (κ2) is 11.4. The van der Waals surface area contributed by atoms with Gasteiger partial charge in [-0.15, -0.1) is 10.2 Å². The topological polar surface area (TPSA) is 69.0 Å². The molecule has 1 amide bonds. The SMILES string of the molecule is CC(C)c1ccccc1NC(=O)CSc1nnc(C(C)Oc2ccccc2Cl)n1-c1ccccc1. The lowest BCUT2D eigenvalue weighted by molar-refractivity contribution is -0.113. The summed E-state index contributed by atoms with van der Waals surface area (Å²) < 4.78 is 8.02. The second-order valence-corrected chi connectivity index (χ2v) is 9.63. The van der Waals surface area contributed by atoms with Crippen LogP contribution in [0.3, 0.4) is 0 Å². The molecule has 0 saturated carbocycles. The molecule has 3 aromatic carbocycles. The van der Waals surface area contributed by atoms with Crippen molar-refractivity contribution in [1.82, 2.24) is 14.8 Å². The van der Waals surface area contributed by atoms with Crippen LogP contribution in [-0.4, -0.2) is 26.4 Å². The average Bonchev–Trinajstić information content (AvgIpc) is 3.29. The van der Waals surface area contributed by atoms with Gasteiger partial charge in [-0.3, -0.25) is 9.36 Å². The predicted molar refractivity (Wildman–Crippen MR) is 142 cm³/mol. The molecule has 4 rings (SSSR count). The highest BCUT2D eigenvalue weighted by atomic mass is 35.5. The van der Waals surface area contributed by atoms with Gasteiger partial charge in [-0.25, -0.2) is 0 Å². The number of amides is 1. The Morgan fingerprint density at radius 2 is 1.66 bits per heavy atom. The standard InChI is InChI=1S/C27H27ClN4O2S/c1-18(2)21-13-7-9-15-23(21)29-25(33)17-35-27-31-30-26(32(27)20-11-5-4-6-12-20)19(3)34-24-16-10-8-14-22(24)28/h4-16,18-19H,17H2,1-3H3,(H,29,33). The van der Waals surface area contributed by atoms with Crippen LogP contribution in [0.25, 0.3) is 5.69 Å². The summed E-state index contributed by atoms with van der Waals surface area (Å²) in [5.74, 6) is 1.58. The molecule has 1 heterocycles. The second-order valence-electron chi connectivity index (χ2n) is 8.28. The maximum atomic E-state index is 12.8. The molecule has 1 unspecified atom stereocenters. The zero-order valence-electron chi connectivity index (χ0n) is 19.8. The van der Waals surface area contributed by atoms with Crippen molar-refractivity contribution >= 4 is 35.0 Å². The number of hydrogen-bond donors (Lipinski definition) is 1. The van der Waals surface area contributed by atoms with E-state index in [9.17, 15) is 4.79 Å². The number of nitrogens with one attached hydrogen (secondary N) is 1. The highest BCUT2D eigenvalue weighted by molar-refractivity contribution is 7.99. The normalized spacial score (nSPS) is 11.9. The molecule has 0 bridgehead atoms. The predicted octanol–water partition coefficient (Wildman–Crippen LogP) is 6.91. The van der Waals surface area contributed by atoms with Gasteiger partial charge in [0.15, 0.2) is 17.1 Å². The lowest BCUT2D eigenvalue weighted by atomic mass is 10.0. The summed E-state index contributed by atoms with van der Waals surface area (Å²) in [6, 6.07) is 25.0. The number of ether oxygens (including phenoxy) is 1. The molecule has 0 aliphatic rings. The molecule has 0 aliphatic carbocycles. The van der Waals surface area contributed by atoms with Crippen molar-refractivity contribution in [3.05, 3.63) is 95.3 Å². The van der Waals surface area contributed by atoms with Gasteiger partial charge in [0, 0.05) is 11.4 Å². The van der Waals surface area contributed by atoms with Gasteiger partial charge >= 0.3 is 0 Å². The monoisotopic (exact) mass is 506 g/mol. The van der Waals surface area contributed by atoms with Crippen molar-refractivity contribution < 1.29 is 9.53 Å². The summed E-state index contributed by atoms with van der Waals surface area (Å²) in [5.41, 5.74) is 2.82. The van der Waals surface area contributed by atoms with Crippen LogP contribution >= 0.6 is 23.4 Å². The lowest BCUT2D eigenvalue weighted by Crippen LogP contribution is -2.16. The van der Waals surface area contributed by atoms with E-state index >= 15 is 0 Å². The van der Waals surface area contributed by atoms with Crippen molar-refractivity contribution in [2.75, 3.05) is 11.1 Å². The third-order valence-corrected chi connectivity index (χ3v) is 6.61. The molecular formula is C27H27ClN4O2S. The molecule has 1 aromatic heterocycles. The first kappa shape index (κ1) is 24.8. The van der Waals surface area contributed by atoms with Gasteiger partial charge in [-0.1, -0.05) is 85.7 Å². The fourth-order valence-corrected chi connectivity index (χ4v) is 4.61. The Bertz CT molecular complexity index is 1290. The Morgan fingerprint density at radius 1 is 0.971 bits per heavy atom. The van der Waals surface area contributed by atoms with Crippen molar-refractivity contribution in [1.29, 1.82) is 0 Å². The van der Waals surface area contributed by atoms with Crippen molar-refractivity contribution in [3.63, 3.8) is 0 Å². The molecule has 1 atom stereocenters. The molecule has 0 fully saturated rings. The van der Waals surface area contributed by atoms with E-state index in [-0.39, 0.29) is 11.7 Å². The molecule has 0 aliphatic heterocycles. The van der Waals surface area contributed by atoms with E-state index in [2.05, 4.69) is 29.4 Å². The minimum Gasteiger partial charge on any atom is -0.481 e. The quantitative estimate of drug-likeness (QED) is 0.250. The number of halogens is 1. The molecular weight excluding hydrogens is 480 g/mol. The zero-order valence-corrected chi connectivity index (χ0v) is 21.4. The van der Waals surface area contributed by atoms with E-state index in [1.165, 1.54) is 11.8 Å². The molecule has 35 heavy (non-hydrogen) atoms. The van der Waals surface area contributed by atoms with Gasteiger partial charge in [-0.05, 0) is 48.7 Å². The molecule has 0 spiro atoms. The highest BCUT2D eigenvalue weighted by Gasteiger charge is 2.22. The smallest absolute Gasteiger partial charge is 0.234 e. The van der Waals surface area contributed by atoms with E-state index in [1.807, 2.05) is 84.3 Å². The maximum absolute atomic E-state index is 12.8. The number of aromatic nitrogens is 3. The Kier molecular flexibility index (Phi) is 8.10. The first-order chi connectivity index (χ1) is 16.9. The van der Waals surface area contributed by atoms with Crippen LogP contribution in [0.5, 0.6) is 5.75 Å². The summed E-state index contributed by atoms with van der Waals surface area (Å²) in [7, 11) is 0. The molecule has 0 radical (unpaired) electrons. The largest absolute Gasteiger partial charge is 0.481 e. The number of para-hydroxylation sites is 3. The summed E-state index contributed by atoms with van der Waals surface area (Å²) in [5, 5.41) is 13.0. The van der Waals surface area contributed by atoms with Crippen molar-refractivity contribution in [3.8, 4) is 11.4 Å². The van der Waals surface area contributed by atoms with Crippen LogP contribution in [0.1, 0.15) is 44.2 Å². The average molecular weight is 507 g/mol. The van der Waals surface area contributed by atoms with Crippen molar-refractivity contribution in [2.24, 2.45) is 0 Å². The number of hydrogen-bond acceptors (Lipinski definition) is 5. The third kappa shape index (κ3) is 6.05. The number of nitrogens with zero attached hydrogens (tertiary/aromatic N) is 3. The number of carbonyl (C=O) groups is 1. The first-order valence-electron chi connectivity index (χ1n) is 11.4. The van der Waals surface area contributed by atoms with Crippen LogP contribution in [0.4, 0.5) is 5.69 Å². The van der Waals surface area contributed by atoms with Gasteiger partial charge in [0.05, 0.1) is 10.8 Å². The van der Waals surface area contributed by atoms with E-state index in [1.54, 1.807) is 6.07 Å². The maximum Gasteiger partial charge on any atom is 0.234 e. The summed E-state index contributed by atoms with van der Waals surface area (Å²) in [4.78, 5) is 12.8. The zero-order chi connectivity index (χ0) is 24.8. The molecule has 6 nitrogen and oxygen atoms in total. The first-order valence-corrected chi connectivity index (χ1v) is 12.7. The number of thioether (sulfide) groups is 1. The minimum atomic E-state index is -0.427. The Morgan fingerprint density at radius 3 is 2.40 bits per heavy atom. The van der Waals surface area contributed by atoms with E-state index in [4.69, 9.17) is 16.3 Å². The number of anilines is 1. The van der Waals surface area contributed by atoms with Crippen molar-refractivity contribution in [2.45, 2.75) is 37.9 Å². The van der Waals surface area contributed by atoms with Crippen LogP contribution in [-0.2, 0) is 4.79 Å². The molecule has 4 aromatic rings. The summed E-state index contributed by atoms with van der Waals surface area (Å²) in [6.07, 6.45) is -0.427. The highest BCUT2D eigenvalue weighted by Crippen LogP contribution is 2.31. The van der Waals surface area contributed by atoms with Gasteiger partial charge in [0.1, 0.15) is 5.75 Å². The Labute approximate surface area is 214 Å². The van der Waals surface area contributed by atoms with Crippen LogP contribution in [0.15, 0.2) is 84.0 Å². The Balaban J connectivity index is 1.55. The van der Waals surface area contributed by atoms with E-state index < -0.39 is 6.10 Å². The summed E-state index contributed by atoms with van der Waals surface area (Å²) >= 11 is 7.61. The van der Waals surface area contributed by atoms with Crippen LogP contribution < -0.4 is 10.1 Å². The molecule has 8 heteroatoms. The van der Waals surface area contributed by atoms with Crippen LogP contribution in [0, 0.1) is 0 Å². The lowest BCUT2D eigenvalue weighted by Gasteiger charge is -2.17. The van der Waals surface area contributed by atoms with E-state index in [0.717, 1.165) is 16.9 Å². The fourth-order valence-electron chi connectivity index (χ4n) is 3.67. The van der Waals surface area contributed by atoms with Gasteiger partial charge in [0.25, 0.3) is 0 Å². The summed E-state index contributed by atoms with van der Waals surface area (Å²) in [6.45, 7) is 6.11.